The number of nitriles is 1. The van der Waals surface area contributed by atoms with Crippen molar-refractivity contribution in [1.82, 2.24) is 0 Å². The van der Waals surface area contributed by atoms with Crippen LogP contribution in [0.3, 0.4) is 0 Å². The topological polar surface area (TPSA) is 116 Å². The second-order valence-electron chi connectivity index (χ2n) is 2.79. The number of benzene rings is 1. The van der Waals surface area contributed by atoms with Crippen LogP contribution in [-0.2, 0) is 0 Å². The number of nitro groups is 1. The van der Waals surface area contributed by atoms with Gasteiger partial charge in [-0.25, -0.2) is 0 Å². The summed E-state index contributed by atoms with van der Waals surface area (Å²) in [5.74, 6) is 5.14. The van der Waals surface area contributed by atoms with Crippen molar-refractivity contribution >= 4 is 5.69 Å². The fourth-order valence-corrected chi connectivity index (χ4v) is 1.05. The number of azide groups is 1. The zero-order chi connectivity index (χ0) is 12.7. The molecule has 0 bridgehead atoms. The summed E-state index contributed by atoms with van der Waals surface area (Å²) in [5, 5.41) is 22.5. The molecule has 0 amide bonds. The van der Waals surface area contributed by atoms with Gasteiger partial charge >= 0.3 is 0 Å². The molecule has 0 spiro atoms. The van der Waals surface area contributed by atoms with E-state index in [0.717, 1.165) is 6.07 Å². The van der Waals surface area contributed by atoms with Gasteiger partial charge in [0.15, 0.2) is 0 Å². The van der Waals surface area contributed by atoms with E-state index in [2.05, 4.69) is 21.9 Å². The molecule has 1 aromatic carbocycles. The Hall–Kier alpha value is -3.02. The van der Waals surface area contributed by atoms with Crippen LogP contribution in [0.4, 0.5) is 5.69 Å². The van der Waals surface area contributed by atoms with Gasteiger partial charge in [0.05, 0.1) is 17.0 Å². The second-order valence-corrected chi connectivity index (χ2v) is 2.79. The Morgan fingerprint density at radius 3 is 2.88 bits per heavy atom. The number of rotatable bonds is 2. The summed E-state index contributed by atoms with van der Waals surface area (Å²) in [6.45, 7) is -0.0155. The van der Waals surface area contributed by atoms with Gasteiger partial charge in [-0.3, -0.25) is 10.1 Å². The average Bonchev–Trinajstić information content (AvgIpc) is 2.34. The maximum absolute atomic E-state index is 10.5. The first-order valence-corrected chi connectivity index (χ1v) is 4.37. The molecule has 7 nitrogen and oxygen atoms in total. The molecule has 0 N–H and O–H groups in total. The summed E-state index contributed by atoms with van der Waals surface area (Å²) in [6, 6.07) is 5.62. The molecule has 1 aromatic rings. The van der Waals surface area contributed by atoms with E-state index in [1.54, 1.807) is 0 Å². The molecule has 0 aromatic heterocycles. The summed E-state index contributed by atoms with van der Waals surface area (Å²) in [4.78, 5) is 12.4. The molecule has 0 unspecified atom stereocenters. The van der Waals surface area contributed by atoms with Crippen LogP contribution in [0.25, 0.3) is 10.4 Å². The molecule has 0 atom stereocenters. The SMILES string of the molecule is N#Cc1cc([N+](=O)[O-])ccc1C#CCN=[N+]=[N-]. The average molecular weight is 227 g/mol. The summed E-state index contributed by atoms with van der Waals surface area (Å²) in [7, 11) is 0. The third-order valence-corrected chi connectivity index (χ3v) is 1.77. The molecule has 0 radical (unpaired) electrons. The molecule has 17 heavy (non-hydrogen) atoms. The summed E-state index contributed by atoms with van der Waals surface area (Å²) in [5.41, 5.74) is 8.35. The molecular formula is C10H5N5O2. The molecule has 1 rings (SSSR count). The first-order chi connectivity index (χ1) is 8.19. The number of nitro benzene ring substituents is 1. The second kappa shape index (κ2) is 5.76. The highest BCUT2D eigenvalue weighted by Gasteiger charge is 2.08. The molecule has 0 heterocycles. The van der Waals surface area contributed by atoms with Crippen LogP contribution in [0.1, 0.15) is 11.1 Å². The van der Waals surface area contributed by atoms with Crippen molar-refractivity contribution in [3.05, 3.63) is 49.9 Å². The standard InChI is InChI=1S/C10H5N5O2/c11-7-9-6-10(15(16)17)4-3-8(9)2-1-5-13-14-12/h3-4,6H,5H2. The minimum atomic E-state index is -0.585. The lowest BCUT2D eigenvalue weighted by Crippen LogP contribution is -1.91. The van der Waals surface area contributed by atoms with Crippen LogP contribution in [0.5, 0.6) is 0 Å². The monoisotopic (exact) mass is 227 g/mol. The van der Waals surface area contributed by atoms with E-state index in [0.29, 0.717) is 5.56 Å². The highest BCUT2D eigenvalue weighted by Crippen LogP contribution is 2.16. The van der Waals surface area contributed by atoms with Crippen LogP contribution < -0.4 is 0 Å². The zero-order valence-electron chi connectivity index (χ0n) is 8.49. The number of non-ortho nitro benzene ring substituents is 1. The highest BCUT2D eigenvalue weighted by molar-refractivity contribution is 5.53. The summed E-state index contributed by atoms with van der Waals surface area (Å²) < 4.78 is 0. The molecule has 82 valence electrons. The smallest absolute Gasteiger partial charge is 0.258 e. The van der Waals surface area contributed by atoms with Gasteiger partial charge in [0, 0.05) is 22.6 Å². The predicted molar refractivity (Wildman–Crippen MR) is 58.7 cm³/mol. The molecule has 0 aliphatic heterocycles. The number of nitrogens with zero attached hydrogens (tertiary/aromatic N) is 5. The van der Waals surface area contributed by atoms with Gasteiger partial charge in [-0.05, 0) is 11.6 Å². The zero-order valence-corrected chi connectivity index (χ0v) is 8.49. The number of hydrogen-bond donors (Lipinski definition) is 0. The van der Waals surface area contributed by atoms with Crippen molar-refractivity contribution in [1.29, 1.82) is 5.26 Å². The maximum Gasteiger partial charge on any atom is 0.270 e. The lowest BCUT2D eigenvalue weighted by Gasteiger charge is -1.95. The maximum atomic E-state index is 10.5. The predicted octanol–water partition coefficient (Wildman–Crippen LogP) is 2.13. The van der Waals surface area contributed by atoms with Gasteiger partial charge in [0.1, 0.15) is 6.07 Å². The lowest BCUT2D eigenvalue weighted by atomic mass is 10.1. The van der Waals surface area contributed by atoms with Crippen LogP contribution in [0.2, 0.25) is 0 Å². The Balaban J connectivity index is 3.08. The number of hydrogen-bond acceptors (Lipinski definition) is 4. The van der Waals surface area contributed by atoms with Crippen LogP contribution in [-0.4, -0.2) is 11.5 Å². The Labute approximate surface area is 96.1 Å². The van der Waals surface area contributed by atoms with Crippen LogP contribution in [0, 0.1) is 33.3 Å². The van der Waals surface area contributed by atoms with E-state index < -0.39 is 4.92 Å². The first-order valence-electron chi connectivity index (χ1n) is 4.37. The minimum Gasteiger partial charge on any atom is -0.258 e. The lowest BCUT2D eigenvalue weighted by molar-refractivity contribution is -0.384. The quantitative estimate of drug-likeness (QED) is 0.192. The molecular weight excluding hydrogens is 222 g/mol. The molecule has 0 fully saturated rings. The molecule has 0 aliphatic rings. The van der Waals surface area contributed by atoms with Crippen molar-refractivity contribution in [2.24, 2.45) is 5.11 Å². The van der Waals surface area contributed by atoms with E-state index in [-0.39, 0.29) is 17.8 Å². The van der Waals surface area contributed by atoms with Crippen molar-refractivity contribution in [3.8, 4) is 17.9 Å². The first kappa shape index (κ1) is 12.1. The summed E-state index contributed by atoms with van der Waals surface area (Å²) >= 11 is 0. The Bertz CT molecular complexity index is 599. The fourth-order valence-electron chi connectivity index (χ4n) is 1.05. The highest BCUT2D eigenvalue weighted by atomic mass is 16.6. The molecule has 0 saturated carbocycles. The van der Waals surface area contributed by atoms with E-state index >= 15 is 0 Å². The molecule has 0 saturated heterocycles. The minimum absolute atomic E-state index is 0.0155. The van der Waals surface area contributed by atoms with Crippen molar-refractivity contribution in [2.45, 2.75) is 0 Å². The van der Waals surface area contributed by atoms with Crippen molar-refractivity contribution in [3.63, 3.8) is 0 Å². The van der Waals surface area contributed by atoms with Crippen LogP contribution >= 0.6 is 0 Å². The largest absolute Gasteiger partial charge is 0.270 e. The summed E-state index contributed by atoms with van der Waals surface area (Å²) in [6.07, 6.45) is 0. The van der Waals surface area contributed by atoms with Gasteiger partial charge in [-0.2, -0.15) is 5.26 Å². The van der Waals surface area contributed by atoms with Crippen LogP contribution in [0.15, 0.2) is 23.3 Å². The van der Waals surface area contributed by atoms with Gasteiger partial charge in [0.2, 0.25) is 0 Å². The van der Waals surface area contributed by atoms with E-state index in [1.165, 1.54) is 12.1 Å². The third kappa shape index (κ3) is 3.24. The Morgan fingerprint density at radius 2 is 2.29 bits per heavy atom. The van der Waals surface area contributed by atoms with Gasteiger partial charge < -0.3 is 0 Å². The Kier molecular flexibility index (Phi) is 4.09. The van der Waals surface area contributed by atoms with E-state index in [4.69, 9.17) is 10.8 Å². The van der Waals surface area contributed by atoms with Gasteiger partial charge in [0.25, 0.3) is 5.69 Å². The van der Waals surface area contributed by atoms with Gasteiger partial charge in [-0.15, -0.1) is 0 Å². The van der Waals surface area contributed by atoms with E-state index in [9.17, 15) is 10.1 Å². The fraction of sp³-hybridized carbons (Fsp3) is 0.100. The molecule has 0 aliphatic carbocycles. The Morgan fingerprint density at radius 1 is 1.53 bits per heavy atom. The third-order valence-electron chi connectivity index (χ3n) is 1.77. The van der Waals surface area contributed by atoms with Crippen molar-refractivity contribution in [2.75, 3.05) is 6.54 Å². The molecule has 7 heteroatoms. The van der Waals surface area contributed by atoms with Gasteiger partial charge in [-0.1, -0.05) is 17.0 Å². The van der Waals surface area contributed by atoms with Crippen molar-refractivity contribution < 1.29 is 4.92 Å². The normalized spacial score (nSPS) is 8.18. The van der Waals surface area contributed by atoms with E-state index in [1.807, 2.05) is 6.07 Å².